The van der Waals surface area contributed by atoms with Crippen molar-refractivity contribution in [2.24, 2.45) is 0 Å². The molecule has 4 aromatic rings. The standard InChI is InChI=1S/C16H14N4O3/c1-10-17-14(22-19-10)7-4-8-15-18-16(20-23-15)13-9-11-5-2-3-6-12(11)21-13/h2-3,5-6,9H,4,7-8H2,1H3. The number of aromatic nitrogens is 4. The molecular formula is C16H14N4O3. The molecule has 0 radical (unpaired) electrons. The highest BCUT2D eigenvalue weighted by Crippen LogP contribution is 2.25. The van der Waals surface area contributed by atoms with Gasteiger partial charge in [-0.3, -0.25) is 0 Å². The van der Waals surface area contributed by atoms with Crippen LogP contribution in [0.4, 0.5) is 0 Å². The Kier molecular flexibility index (Phi) is 3.38. The minimum atomic E-state index is 0.463. The van der Waals surface area contributed by atoms with Gasteiger partial charge in [0.25, 0.3) is 0 Å². The van der Waals surface area contributed by atoms with Crippen molar-refractivity contribution in [3.8, 4) is 11.6 Å². The number of rotatable bonds is 5. The minimum Gasteiger partial charge on any atom is -0.453 e. The number of aryl methyl sites for hydroxylation is 3. The van der Waals surface area contributed by atoms with Gasteiger partial charge in [0.1, 0.15) is 5.58 Å². The second-order valence-corrected chi connectivity index (χ2v) is 5.25. The van der Waals surface area contributed by atoms with Gasteiger partial charge in [-0.2, -0.15) is 9.97 Å². The van der Waals surface area contributed by atoms with E-state index in [4.69, 9.17) is 13.5 Å². The Hall–Kier alpha value is -2.96. The molecule has 116 valence electrons. The first kappa shape index (κ1) is 13.7. The second kappa shape index (κ2) is 5.68. The van der Waals surface area contributed by atoms with E-state index in [1.165, 1.54) is 0 Å². The zero-order valence-electron chi connectivity index (χ0n) is 12.5. The highest BCUT2D eigenvalue weighted by molar-refractivity contribution is 5.81. The summed E-state index contributed by atoms with van der Waals surface area (Å²) >= 11 is 0. The maximum absolute atomic E-state index is 5.73. The average molecular weight is 310 g/mol. The van der Waals surface area contributed by atoms with Crippen LogP contribution >= 0.6 is 0 Å². The topological polar surface area (TPSA) is 91.0 Å². The van der Waals surface area contributed by atoms with Gasteiger partial charge in [-0.1, -0.05) is 28.5 Å². The molecule has 3 heterocycles. The number of para-hydroxylation sites is 1. The van der Waals surface area contributed by atoms with Gasteiger partial charge >= 0.3 is 0 Å². The maximum Gasteiger partial charge on any atom is 0.238 e. The van der Waals surface area contributed by atoms with Gasteiger partial charge in [-0.15, -0.1) is 0 Å². The lowest BCUT2D eigenvalue weighted by atomic mass is 10.2. The SMILES string of the molecule is Cc1noc(CCCc2nc(-c3cc4ccccc4o3)no2)n1. The normalized spacial score (nSPS) is 11.3. The highest BCUT2D eigenvalue weighted by Gasteiger charge is 2.13. The summed E-state index contributed by atoms with van der Waals surface area (Å²) in [5.74, 6) is 2.90. The third-order valence-corrected chi connectivity index (χ3v) is 3.46. The van der Waals surface area contributed by atoms with Crippen molar-refractivity contribution in [3.05, 3.63) is 47.9 Å². The van der Waals surface area contributed by atoms with Gasteiger partial charge in [0.2, 0.25) is 17.6 Å². The predicted molar refractivity (Wildman–Crippen MR) is 80.6 cm³/mol. The first-order chi connectivity index (χ1) is 11.3. The number of hydrogen-bond donors (Lipinski definition) is 0. The Morgan fingerprint density at radius 1 is 0.957 bits per heavy atom. The van der Waals surface area contributed by atoms with Crippen LogP contribution in [0.25, 0.3) is 22.6 Å². The van der Waals surface area contributed by atoms with Crippen LogP contribution in [0.1, 0.15) is 24.0 Å². The average Bonchev–Trinajstić information content (AvgIpc) is 3.26. The van der Waals surface area contributed by atoms with E-state index in [0.717, 1.165) is 17.4 Å². The van der Waals surface area contributed by atoms with Crippen molar-refractivity contribution in [1.82, 2.24) is 20.3 Å². The summed E-state index contributed by atoms with van der Waals surface area (Å²) in [6.45, 7) is 1.80. The summed E-state index contributed by atoms with van der Waals surface area (Å²) in [7, 11) is 0. The molecule has 23 heavy (non-hydrogen) atoms. The lowest BCUT2D eigenvalue weighted by Gasteiger charge is -1.91. The molecule has 3 aromatic heterocycles. The summed E-state index contributed by atoms with van der Waals surface area (Å²) in [5.41, 5.74) is 0.806. The molecule has 0 aliphatic heterocycles. The van der Waals surface area contributed by atoms with Crippen molar-refractivity contribution in [2.75, 3.05) is 0 Å². The Morgan fingerprint density at radius 3 is 2.52 bits per heavy atom. The molecule has 7 heteroatoms. The van der Waals surface area contributed by atoms with Crippen molar-refractivity contribution in [3.63, 3.8) is 0 Å². The second-order valence-electron chi connectivity index (χ2n) is 5.25. The minimum absolute atomic E-state index is 0.463. The van der Waals surface area contributed by atoms with E-state index in [1.807, 2.05) is 30.3 Å². The first-order valence-electron chi connectivity index (χ1n) is 7.39. The van der Waals surface area contributed by atoms with Gasteiger partial charge in [-0.05, 0) is 25.5 Å². The molecule has 0 spiro atoms. The maximum atomic E-state index is 5.73. The molecule has 4 rings (SSSR count). The molecule has 0 amide bonds. The third kappa shape index (κ3) is 2.85. The molecule has 0 fully saturated rings. The number of hydrogen-bond acceptors (Lipinski definition) is 7. The van der Waals surface area contributed by atoms with E-state index in [2.05, 4.69) is 20.3 Å². The zero-order chi connectivity index (χ0) is 15.6. The van der Waals surface area contributed by atoms with Crippen LogP contribution in [0.5, 0.6) is 0 Å². The van der Waals surface area contributed by atoms with E-state index in [1.54, 1.807) is 6.92 Å². The highest BCUT2D eigenvalue weighted by atomic mass is 16.5. The molecule has 7 nitrogen and oxygen atoms in total. The van der Waals surface area contributed by atoms with Gasteiger partial charge in [-0.25, -0.2) is 0 Å². The monoisotopic (exact) mass is 310 g/mol. The molecule has 0 aliphatic rings. The van der Waals surface area contributed by atoms with Gasteiger partial charge < -0.3 is 13.5 Å². The van der Waals surface area contributed by atoms with Crippen molar-refractivity contribution in [2.45, 2.75) is 26.2 Å². The van der Waals surface area contributed by atoms with Crippen LogP contribution in [-0.4, -0.2) is 20.3 Å². The van der Waals surface area contributed by atoms with Crippen LogP contribution < -0.4 is 0 Å². The number of furan rings is 1. The summed E-state index contributed by atoms with van der Waals surface area (Å²) < 4.78 is 16.1. The van der Waals surface area contributed by atoms with Crippen molar-refractivity contribution >= 4 is 11.0 Å². The van der Waals surface area contributed by atoms with Crippen LogP contribution in [0.15, 0.2) is 43.8 Å². The van der Waals surface area contributed by atoms with E-state index in [-0.39, 0.29) is 0 Å². The van der Waals surface area contributed by atoms with Crippen LogP contribution in [0.2, 0.25) is 0 Å². The fourth-order valence-electron chi connectivity index (χ4n) is 2.38. The van der Waals surface area contributed by atoms with E-state index < -0.39 is 0 Å². The first-order valence-corrected chi connectivity index (χ1v) is 7.39. The predicted octanol–water partition coefficient (Wildman–Crippen LogP) is 3.35. The molecule has 1 aromatic carbocycles. The Morgan fingerprint density at radius 2 is 1.74 bits per heavy atom. The fourth-order valence-corrected chi connectivity index (χ4v) is 2.38. The van der Waals surface area contributed by atoms with Crippen molar-refractivity contribution < 1.29 is 13.5 Å². The largest absolute Gasteiger partial charge is 0.453 e. The number of benzene rings is 1. The Bertz CT molecular complexity index is 905. The molecule has 0 saturated heterocycles. The molecule has 0 aliphatic carbocycles. The lowest BCUT2D eigenvalue weighted by molar-refractivity contribution is 0.357. The summed E-state index contributed by atoms with van der Waals surface area (Å²) in [6, 6.07) is 9.69. The van der Waals surface area contributed by atoms with Crippen LogP contribution in [0.3, 0.4) is 0 Å². The molecule has 0 saturated carbocycles. The van der Waals surface area contributed by atoms with E-state index >= 15 is 0 Å². The molecule has 0 N–H and O–H groups in total. The van der Waals surface area contributed by atoms with Gasteiger partial charge in [0, 0.05) is 18.2 Å². The summed E-state index contributed by atoms with van der Waals surface area (Å²) in [5, 5.41) is 8.75. The zero-order valence-corrected chi connectivity index (χ0v) is 12.5. The molecule has 0 atom stereocenters. The van der Waals surface area contributed by atoms with Gasteiger partial charge in [0.05, 0.1) is 0 Å². The van der Waals surface area contributed by atoms with E-state index in [0.29, 0.717) is 42.0 Å². The van der Waals surface area contributed by atoms with Crippen LogP contribution in [0, 0.1) is 6.92 Å². The quantitative estimate of drug-likeness (QED) is 0.558. The Labute approximate surface area is 131 Å². The lowest BCUT2D eigenvalue weighted by Crippen LogP contribution is -1.91. The van der Waals surface area contributed by atoms with Crippen LogP contribution in [-0.2, 0) is 12.8 Å². The summed E-state index contributed by atoms with van der Waals surface area (Å²) in [4.78, 5) is 8.53. The third-order valence-electron chi connectivity index (χ3n) is 3.46. The van der Waals surface area contributed by atoms with Gasteiger partial charge in [0.15, 0.2) is 11.6 Å². The number of fused-ring (bicyclic) bond motifs is 1. The number of nitrogens with zero attached hydrogens (tertiary/aromatic N) is 4. The molecule has 0 bridgehead atoms. The fraction of sp³-hybridized carbons (Fsp3) is 0.250. The smallest absolute Gasteiger partial charge is 0.238 e. The molecule has 0 unspecified atom stereocenters. The van der Waals surface area contributed by atoms with E-state index in [9.17, 15) is 0 Å². The molecular weight excluding hydrogens is 296 g/mol. The summed E-state index contributed by atoms with van der Waals surface area (Å²) in [6.07, 6.45) is 2.13. The van der Waals surface area contributed by atoms with Crippen molar-refractivity contribution in [1.29, 1.82) is 0 Å². The Balaban J connectivity index is 1.44.